The average molecular weight is 279 g/mol. The maximum Gasteiger partial charge on any atom is 0.305 e. The molecule has 90 valence electrons. The van der Waals surface area contributed by atoms with Gasteiger partial charge in [0.15, 0.2) is 0 Å². The van der Waals surface area contributed by atoms with Crippen LogP contribution < -0.4 is 0 Å². The van der Waals surface area contributed by atoms with E-state index in [0.717, 1.165) is 37.4 Å². The Morgan fingerprint density at radius 3 is 2.67 bits per heavy atom. The average Bonchev–Trinajstić information content (AvgIpc) is 2.22. The molecule has 0 aliphatic heterocycles. The highest BCUT2D eigenvalue weighted by atomic mass is 79.9. The topological polar surface area (TPSA) is 26.3 Å². The minimum Gasteiger partial charge on any atom is -0.465 e. The van der Waals surface area contributed by atoms with Gasteiger partial charge >= 0.3 is 5.97 Å². The van der Waals surface area contributed by atoms with Crippen LogP contribution in [-0.4, -0.2) is 17.9 Å². The van der Waals surface area contributed by atoms with Gasteiger partial charge in [0.05, 0.1) is 6.61 Å². The molecule has 0 aromatic carbocycles. The van der Waals surface area contributed by atoms with E-state index in [1.165, 1.54) is 0 Å². The van der Waals surface area contributed by atoms with E-state index in [4.69, 9.17) is 4.74 Å². The third-order valence-electron chi connectivity index (χ3n) is 2.32. The lowest BCUT2D eigenvalue weighted by Gasteiger charge is -2.10. The second-order valence-corrected chi connectivity index (χ2v) is 4.87. The molecule has 0 aromatic heterocycles. The van der Waals surface area contributed by atoms with Gasteiger partial charge in [-0.05, 0) is 25.2 Å². The number of carbonyl (C=O) groups is 1. The van der Waals surface area contributed by atoms with Gasteiger partial charge in [0.2, 0.25) is 0 Å². The summed E-state index contributed by atoms with van der Waals surface area (Å²) >= 11 is 3.37. The summed E-state index contributed by atoms with van der Waals surface area (Å²) in [5.41, 5.74) is 0. The molecule has 0 saturated carbocycles. The summed E-state index contributed by atoms with van der Waals surface area (Å²) in [5, 5.41) is 1.02. The smallest absolute Gasteiger partial charge is 0.305 e. The van der Waals surface area contributed by atoms with Gasteiger partial charge in [-0.2, -0.15) is 0 Å². The van der Waals surface area contributed by atoms with Crippen molar-refractivity contribution >= 4 is 21.9 Å². The first-order chi connectivity index (χ1) is 7.20. The SMILES string of the molecule is CCCC(C)COC(=O)CCCCCBr. The molecule has 2 nitrogen and oxygen atoms in total. The van der Waals surface area contributed by atoms with Crippen LogP contribution in [0.5, 0.6) is 0 Å². The Hall–Kier alpha value is -0.0500. The Morgan fingerprint density at radius 1 is 1.33 bits per heavy atom. The van der Waals surface area contributed by atoms with E-state index in [0.29, 0.717) is 18.9 Å². The molecular weight excluding hydrogens is 256 g/mol. The number of carbonyl (C=O) groups excluding carboxylic acids is 1. The molecule has 0 aliphatic carbocycles. The molecule has 0 spiro atoms. The maximum atomic E-state index is 11.3. The number of hydrogen-bond donors (Lipinski definition) is 0. The quantitative estimate of drug-likeness (QED) is 0.363. The molecule has 0 heterocycles. The molecule has 0 saturated heterocycles. The van der Waals surface area contributed by atoms with E-state index in [2.05, 4.69) is 29.8 Å². The van der Waals surface area contributed by atoms with Crippen LogP contribution in [0.4, 0.5) is 0 Å². The number of alkyl halides is 1. The van der Waals surface area contributed by atoms with Gasteiger partial charge in [-0.25, -0.2) is 0 Å². The van der Waals surface area contributed by atoms with Gasteiger partial charge in [-0.3, -0.25) is 4.79 Å². The highest BCUT2D eigenvalue weighted by molar-refractivity contribution is 9.09. The molecule has 1 atom stereocenters. The maximum absolute atomic E-state index is 11.3. The lowest BCUT2D eigenvalue weighted by molar-refractivity contribution is -0.145. The number of hydrogen-bond acceptors (Lipinski definition) is 2. The zero-order valence-electron chi connectivity index (χ0n) is 9.93. The van der Waals surface area contributed by atoms with Crippen LogP contribution in [0.3, 0.4) is 0 Å². The summed E-state index contributed by atoms with van der Waals surface area (Å²) in [6, 6.07) is 0. The second kappa shape index (κ2) is 10.5. The fourth-order valence-corrected chi connectivity index (χ4v) is 1.82. The van der Waals surface area contributed by atoms with Crippen molar-refractivity contribution in [2.24, 2.45) is 5.92 Å². The molecule has 0 rings (SSSR count). The van der Waals surface area contributed by atoms with E-state index in [9.17, 15) is 4.79 Å². The van der Waals surface area contributed by atoms with Gasteiger partial charge in [0.1, 0.15) is 0 Å². The summed E-state index contributed by atoms with van der Waals surface area (Å²) < 4.78 is 5.19. The van der Waals surface area contributed by atoms with Crippen molar-refractivity contribution in [2.45, 2.75) is 52.4 Å². The minimum absolute atomic E-state index is 0.0347. The van der Waals surface area contributed by atoms with Gasteiger partial charge < -0.3 is 4.74 Å². The van der Waals surface area contributed by atoms with E-state index in [1.807, 2.05) is 0 Å². The Morgan fingerprint density at radius 2 is 2.07 bits per heavy atom. The predicted molar refractivity (Wildman–Crippen MR) is 67.3 cm³/mol. The van der Waals surface area contributed by atoms with E-state index in [1.54, 1.807) is 0 Å². The number of halogens is 1. The Bertz CT molecular complexity index is 160. The molecule has 15 heavy (non-hydrogen) atoms. The summed E-state index contributed by atoms with van der Waals surface area (Å²) in [6.07, 6.45) is 6.06. The highest BCUT2D eigenvalue weighted by Crippen LogP contribution is 2.07. The standard InChI is InChI=1S/C12H23BrO2/c1-3-7-11(2)10-15-12(14)8-5-4-6-9-13/h11H,3-10H2,1-2H3. The molecule has 0 fully saturated rings. The molecule has 0 N–H and O–H groups in total. The third-order valence-corrected chi connectivity index (χ3v) is 2.89. The summed E-state index contributed by atoms with van der Waals surface area (Å²) in [7, 11) is 0. The van der Waals surface area contributed by atoms with Crippen LogP contribution in [0.1, 0.15) is 52.4 Å². The molecule has 0 aliphatic rings. The van der Waals surface area contributed by atoms with Crippen molar-refractivity contribution in [3.8, 4) is 0 Å². The molecule has 0 bridgehead atoms. The zero-order valence-corrected chi connectivity index (χ0v) is 11.5. The normalized spacial score (nSPS) is 12.5. The molecule has 0 radical (unpaired) electrons. The lowest BCUT2D eigenvalue weighted by Crippen LogP contribution is -2.11. The first-order valence-electron chi connectivity index (χ1n) is 5.92. The van der Waals surface area contributed by atoms with Crippen LogP contribution in [0.15, 0.2) is 0 Å². The number of esters is 1. The third kappa shape index (κ3) is 10.2. The molecular formula is C12H23BrO2. The van der Waals surface area contributed by atoms with Crippen molar-refractivity contribution in [3.05, 3.63) is 0 Å². The fourth-order valence-electron chi connectivity index (χ4n) is 1.42. The molecule has 0 amide bonds. The second-order valence-electron chi connectivity index (χ2n) is 4.08. The first kappa shape index (κ1) is 14.9. The monoisotopic (exact) mass is 278 g/mol. The fraction of sp³-hybridized carbons (Fsp3) is 0.917. The zero-order chi connectivity index (χ0) is 11.5. The van der Waals surface area contributed by atoms with Crippen molar-refractivity contribution in [2.75, 3.05) is 11.9 Å². The van der Waals surface area contributed by atoms with E-state index in [-0.39, 0.29) is 5.97 Å². The van der Waals surface area contributed by atoms with Crippen molar-refractivity contribution in [1.82, 2.24) is 0 Å². The Labute approximate surface area is 102 Å². The summed E-state index contributed by atoms with van der Waals surface area (Å²) in [4.78, 5) is 11.3. The number of ether oxygens (including phenoxy) is 1. The molecule has 1 unspecified atom stereocenters. The van der Waals surface area contributed by atoms with Crippen LogP contribution >= 0.6 is 15.9 Å². The molecule has 3 heteroatoms. The Balaban J connectivity index is 3.32. The summed E-state index contributed by atoms with van der Waals surface area (Å²) in [5.74, 6) is 0.467. The summed E-state index contributed by atoms with van der Waals surface area (Å²) in [6.45, 7) is 4.87. The Kier molecular flexibility index (Phi) is 10.4. The van der Waals surface area contributed by atoms with Gasteiger partial charge in [0, 0.05) is 11.8 Å². The predicted octanol–water partition coefficient (Wildman–Crippen LogP) is 3.92. The van der Waals surface area contributed by atoms with Crippen LogP contribution in [0.25, 0.3) is 0 Å². The van der Waals surface area contributed by atoms with Crippen molar-refractivity contribution < 1.29 is 9.53 Å². The van der Waals surface area contributed by atoms with Crippen molar-refractivity contribution in [3.63, 3.8) is 0 Å². The largest absolute Gasteiger partial charge is 0.465 e. The van der Waals surface area contributed by atoms with Gasteiger partial charge in [0.25, 0.3) is 0 Å². The van der Waals surface area contributed by atoms with E-state index >= 15 is 0 Å². The number of rotatable bonds is 9. The van der Waals surface area contributed by atoms with Crippen LogP contribution in [-0.2, 0) is 9.53 Å². The highest BCUT2D eigenvalue weighted by Gasteiger charge is 2.06. The van der Waals surface area contributed by atoms with Crippen LogP contribution in [0, 0.1) is 5.92 Å². The molecule has 0 aromatic rings. The lowest BCUT2D eigenvalue weighted by atomic mass is 10.1. The van der Waals surface area contributed by atoms with Gasteiger partial charge in [-0.1, -0.05) is 42.6 Å². The van der Waals surface area contributed by atoms with Gasteiger partial charge in [-0.15, -0.1) is 0 Å². The van der Waals surface area contributed by atoms with Crippen LogP contribution in [0.2, 0.25) is 0 Å². The minimum atomic E-state index is -0.0347. The number of unbranched alkanes of at least 4 members (excludes halogenated alkanes) is 2. The first-order valence-corrected chi connectivity index (χ1v) is 7.04. The van der Waals surface area contributed by atoms with Crippen molar-refractivity contribution in [1.29, 1.82) is 0 Å². The van der Waals surface area contributed by atoms with E-state index < -0.39 is 0 Å².